The second-order valence-electron chi connectivity index (χ2n) is 7.23. The molecule has 1 aromatic heterocycles. The third-order valence-electron chi connectivity index (χ3n) is 4.67. The Morgan fingerprint density at radius 1 is 1.08 bits per heavy atom. The molecule has 0 unspecified atom stereocenters. The van der Waals surface area contributed by atoms with Crippen LogP contribution in [0.2, 0.25) is 0 Å². The summed E-state index contributed by atoms with van der Waals surface area (Å²) in [6.07, 6.45) is 2.09. The van der Waals surface area contributed by atoms with Crippen molar-refractivity contribution < 1.29 is 4.74 Å². The lowest BCUT2D eigenvalue weighted by Gasteiger charge is -2.09. The first-order valence-electron chi connectivity index (χ1n) is 9.32. The van der Waals surface area contributed by atoms with Crippen LogP contribution < -0.4 is 10.1 Å². The van der Waals surface area contributed by atoms with E-state index in [0.717, 1.165) is 36.6 Å². The fourth-order valence-corrected chi connectivity index (χ4v) is 3.41. The van der Waals surface area contributed by atoms with Crippen LogP contribution in [-0.4, -0.2) is 16.3 Å². The molecular formula is C22H25N3O. The van der Waals surface area contributed by atoms with Crippen molar-refractivity contribution in [3.05, 3.63) is 71.4 Å². The summed E-state index contributed by atoms with van der Waals surface area (Å²) in [6.45, 7) is 6.06. The maximum Gasteiger partial charge on any atom is 0.133 e. The molecule has 0 amide bonds. The predicted molar refractivity (Wildman–Crippen MR) is 105 cm³/mol. The third kappa shape index (κ3) is 3.45. The lowest BCUT2D eigenvalue weighted by molar-refractivity contribution is 0.306. The number of hydrogen-bond acceptors (Lipinski definition) is 3. The van der Waals surface area contributed by atoms with Gasteiger partial charge in [0.25, 0.3) is 0 Å². The summed E-state index contributed by atoms with van der Waals surface area (Å²) in [4.78, 5) is 0. The van der Waals surface area contributed by atoms with Crippen molar-refractivity contribution in [1.82, 2.24) is 9.78 Å². The summed E-state index contributed by atoms with van der Waals surface area (Å²) in [5, 5.41) is 8.37. The molecule has 3 aromatic rings. The Hall–Kier alpha value is -2.75. The molecule has 4 rings (SSSR count). The number of ether oxygens (including phenoxy) is 1. The number of benzene rings is 2. The summed E-state index contributed by atoms with van der Waals surface area (Å²) in [7, 11) is 0. The first kappa shape index (κ1) is 16.7. The molecule has 0 saturated heterocycles. The van der Waals surface area contributed by atoms with Crippen LogP contribution in [0.3, 0.4) is 0 Å². The largest absolute Gasteiger partial charge is 0.489 e. The Balaban J connectivity index is 1.52. The van der Waals surface area contributed by atoms with E-state index in [1.165, 1.54) is 16.8 Å². The molecule has 134 valence electrons. The van der Waals surface area contributed by atoms with Gasteiger partial charge in [-0.15, -0.1) is 0 Å². The van der Waals surface area contributed by atoms with Crippen molar-refractivity contribution in [1.29, 1.82) is 0 Å². The molecule has 1 aliphatic rings. The molecule has 26 heavy (non-hydrogen) atoms. The summed E-state index contributed by atoms with van der Waals surface area (Å²) < 4.78 is 7.93. The van der Waals surface area contributed by atoms with Gasteiger partial charge in [0.15, 0.2) is 0 Å². The maximum atomic E-state index is 5.89. The van der Waals surface area contributed by atoms with Gasteiger partial charge in [-0.3, -0.25) is 0 Å². The van der Waals surface area contributed by atoms with Gasteiger partial charge in [-0.2, -0.15) is 5.10 Å². The van der Waals surface area contributed by atoms with Gasteiger partial charge in [-0.1, -0.05) is 44.2 Å². The number of rotatable bonds is 6. The minimum Gasteiger partial charge on any atom is -0.489 e. The molecule has 0 saturated carbocycles. The Morgan fingerprint density at radius 2 is 1.85 bits per heavy atom. The second kappa shape index (κ2) is 7.24. The highest BCUT2D eigenvalue weighted by atomic mass is 16.5. The van der Waals surface area contributed by atoms with Gasteiger partial charge in [0, 0.05) is 12.1 Å². The number of fused-ring (bicyclic) bond motifs is 1. The normalized spacial score (nSPS) is 12.9. The molecule has 0 aliphatic carbocycles. The van der Waals surface area contributed by atoms with E-state index in [1.54, 1.807) is 0 Å². The van der Waals surface area contributed by atoms with Crippen LogP contribution in [0, 0.1) is 5.92 Å². The Morgan fingerprint density at radius 3 is 2.58 bits per heavy atom. The van der Waals surface area contributed by atoms with Gasteiger partial charge >= 0.3 is 0 Å². The van der Waals surface area contributed by atoms with Crippen LogP contribution >= 0.6 is 0 Å². The van der Waals surface area contributed by atoms with E-state index < -0.39 is 0 Å². The van der Waals surface area contributed by atoms with Crippen LogP contribution in [-0.2, 0) is 19.4 Å². The van der Waals surface area contributed by atoms with Gasteiger partial charge in [0.2, 0.25) is 0 Å². The Kier molecular flexibility index (Phi) is 4.65. The first-order chi connectivity index (χ1) is 12.7. The fourth-order valence-electron chi connectivity index (χ4n) is 3.41. The Bertz CT molecular complexity index is 866. The minimum atomic E-state index is 0.581. The first-order valence-corrected chi connectivity index (χ1v) is 9.32. The van der Waals surface area contributed by atoms with E-state index >= 15 is 0 Å². The topological polar surface area (TPSA) is 39.1 Å². The molecule has 2 aromatic carbocycles. The van der Waals surface area contributed by atoms with Gasteiger partial charge in [-0.25, -0.2) is 4.68 Å². The zero-order valence-corrected chi connectivity index (χ0v) is 15.4. The summed E-state index contributed by atoms with van der Waals surface area (Å²) >= 11 is 0. The van der Waals surface area contributed by atoms with E-state index in [2.05, 4.69) is 43.4 Å². The average Bonchev–Trinajstić information content (AvgIpc) is 3.25. The Labute approximate surface area is 154 Å². The quantitative estimate of drug-likeness (QED) is 0.707. The van der Waals surface area contributed by atoms with Crippen LogP contribution in [0.5, 0.6) is 5.75 Å². The second-order valence-corrected chi connectivity index (χ2v) is 7.23. The molecule has 0 radical (unpaired) electrons. The molecule has 0 spiro atoms. The highest BCUT2D eigenvalue weighted by Gasteiger charge is 2.23. The van der Waals surface area contributed by atoms with Crippen molar-refractivity contribution >= 4 is 5.82 Å². The summed E-state index contributed by atoms with van der Waals surface area (Å²) in [5.41, 5.74) is 4.84. The van der Waals surface area contributed by atoms with Crippen molar-refractivity contribution in [2.45, 2.75) is 33.3 Å². The number of nitrogens with one attached hydrogen (secondary N) is 1. The average molecular weight is 347 g/mol. The van der Waals surface area contributed by atoms with Crippen molar-refractivity contribution in [3.8, 4) is 11.4 Å². The highest BCUT2D eigenvalue weighted by molar-refractivity contribution is 5.57. The molecule has 0 fully saturated rings. The fraction of sp³-hybridized carbons (Fsp3) is 0.318. The number of nitrogens with zero attached hydrogens (tertiary/aromatic N) is 2. The third-order valence-corrected chi connectivity index (χ3v) is 4.67. The van der Waals surface area contributed by atoms with Gasteiger partial charge in [0.1, 0.15) is 18.2 Å². The molecule has 4 nitrogen and oxygen atoms in total. The van der Waals surface area contributed by atoms with E-state index in [0.29, 0.717) is 12.5 Å². The van der Waals surface area contributed by atoms with Gasteiger partial charge < -0.3 is 10.1 Å². The van der Waals surface area contributed by atoms with Crippen LogP contribution in [0.25, 0.3) is 5.69 Å². The highest BCUT2D eigenvalue weighted by Crippen LogP contribution is 2.30. The zero-order chi connectivity index (χ0) is 17.9. The van der Waals surface area contributed by atoms with E-state index in [1.807, 2.05) is 35.0 Å². The smallest absolute Gasteiger partial charge is 0.133 e. The minimum absolute atomic E-state index is 0.581. The summed E-state index contributed by atoms with van der Waals surface area (Å²) in [6, 6.07) is 18.4. The standard InChI is InChI=1S/C22H25N3O/c1-16(2)14-21-20-12-13-23-22(20)25(24-21)18-8-10-19(11-9-18)26-15-17-6-4-3-5-7-17/h3-11,16,23H,12-15H2,1-2H3. The monoisotopic (exact) mass is 347 g/mol. The van der Waals surface area contributed by atoms with E-state index in [4.69, 9.17) is 9.84 Å². The molecule has 4 heteroatoms. The van der Waals surface area contributed by atoms with Crippen molar-refractivity contribution in [2.75, 3.05) is 11.9 Å². The number of anilines is 1. The molecule has 0 bridgehead atoms. The maximum absolute atomic E-state index is 5.89. The van der Waals surface area contributed by atoms with Crippen LogP contribution in [0.1, 0.15) is 30.7 Å². The zero-order valence-electron chi connectivity index (χ0n) is 15.4. The molecule has 0 atom stereocenters. The van der Waals surface area contributed by atoms with Gasteiger partial charge in [-0.05, 0) is 48.6 Å². The molecule has 1 N–H and O–H groups in total. The van der Waals surface area contributed by atoms with Crippen molar-refractivity contribution in [2.24, 2.45) is 5.92 Å². The predicted octanol–water partition coefficient (Wildman–Crippen LogP) is 4.62. The van der Waals surface area contributed by atoms with E-state index in [-0.39, 0.29) is 0 Å². The van der Waals surface area contributed by atoms with Crippen molar-refractivity contribution in [3.63, 3.8) is 0 Å². The van der Waals surface area contributed by atoms with Crippen LogP contribution in [0.4, 0.5) is 5.82 Å². The molecule has 1 aliphatic heterocycles. The molecular weight excluding hydrogens is 322 g/mol. The number of hydrogen-bond donors (Lipinski definition) is 1. The number of aromatic nitrogens is 2. The van der Waals surface area contributed by atoms with Crippen LogP contribution in [0.15, 0.2) is 54.6 Å². The summed E-state index contributed by atoms with van der Waals surface area (Å²) in [5.74, 6) is 2.63. The lowest BCUT2D eigenvalue weighted by atomic mass is 10.0. The van der Waals surface area contributed by atoms with E-state index in [9.17, 15) is 0 Å². The molecule has 2 heterocycles. The SMILES string of the molecule is CC(C)Cc1nn(-c2ccc(OCc3ccccc3)cc2)c2c1CCN2. The lowest BCUT2D eigenvalue weighted by Crippen LogP contribution is -2.06. The van der Waals surface area contributed by atoms with Gasteiger partial charge in [0.05, 0.1) is 11.4 Å².